The molecule has 19 heavy (non-hydrogen) atoms. The lowest BCUT2D eigenvalue weighted by molar-refractivity contribution is 0.112. The van der Waals surface area contributed by atoms with Gasteiger partial charge in [-0.3, -0.25) is 4.79 Å². The van der Waals surface area contributed by atoms with Gasteiger partial charge in [0.25, 0.3) is 0 Å². The molecule has 8 heteroatoms. The monoisotopic (exact) mass is 287 g/mol. The summed E-state index contributed by atoms with van der Waals surface area (Å²) in [7, 11) is 0. The Hall–Kier alpha value is -2.15. The minimum absolute atomic E-state index is 0.145. The van der Waals surface area contributed by atoms with Crippen LogP contribution in [0, 0.1) is 17.5 Å². The summed E-state index contributed by atoms with van der Waals surface area (Å²) in [4.78, 5) is 18.0. The van der Waals surface area contributed by atoms with Crippen molar-refractivity contribution in [1.82, 2.24) is 9.97 Å². The van der Waals surface area contributed by atoms with Crippen molar-refractivity contribution in [2.75, 3.05) is 5.32 Å². The predicted octanol–water partition coefficient (Wildman–Crippen LogP) is 3.10. The molecule has 1 heterocycles. The largest absolute Gasteiger partial charge is 0.337 e. The van der Waals surface area contributed by atoms with E-state index in [4.69, 9.17) is 11.6 Å². The molecule has 0 radical (unpaired) electrons. The first-order chi connectivity index (χ1) is 9.02. The van der Waals surface area contributed by atoms with Gasteiger partial charge in [-0.15, -0.1) is 0 Å². The fourth-order valence-electron chi connectivity index (χ4n) is 1.35. The number of aldehydes is 1. The number of benzene rings is 1. The zero-order chi connectivity index (χ0) is 14.0. The van der Waals surface area contributed by atoms with Crippen LogP contribution in [0.25, 0.3) is 0 Å². The number of anilines is 2. The third-order valence-corrected chi connectivity index (χ3v) is 2.50. The van der Waals surface area contributed by atoms with Crippen LogP contribution in [-0.4, -0.2) is 16.3 Å². The van der Waals surface area contributed by atoms with E-state index in [9.17, 15) is 18.0 Å². The highest BCUT2D eigenvalue weighted by molar-refractivity contribution is 6.32. The van der Waals surface area contributed by atoms with E-state index in [0.29, 0.717) is 12.4 Å². The molecule has 0 aliphatic rings. The Balaban J connectivity index is 2.47. The second-order valence-electron chi connectivity index (χ2n) is 3.42. The van der Waals surface area contributed by atoms with Crippen molar-refractivity contribution in [1.29, 1.82) is 0 Å². The molecule has 2 aromatic rings. The van der Waals surface area contributed by atoms with Gasteiger partial charge in [-0.05, 0) is 0 Å². The summed E-state index contributed by atoms with van der Waals surface area (Å²) < 4.78 is 39.5. The Morgan fingerprint density at radius 2 is 1.95 bits per heavy atom. The standard InChI is InChI=1S/C11H5ClF3N3O/c12-10-6(3-19)11(17-4-16-10)18-8-2-5(13)1-7(14)9(8)15/h1-4H,(H,16,17,18). The average Bonchev–Trinajstić information content (AvgIpc) is 2.35. The molecule has 0 fully saturated rings. The van der Waals surface area contributed by atoms with E-state index >= 15 is 0 Å². The third-order valence-electron chi connectivity index (χ3n) is 2.20. The van der Waals surface area contributed by atoms with Gasteiger partial charge in [0.15, 0.2) is 17.9 Å². The van der Waals surface area contributed by atoms with Crippen LogP contribution >= 0.6 is 11.6 Å². The number of nitrogens with zero attached hydrogens (tertiary/aromatic N) is 2. The molecule has 2 rings (SSSR count). The topological polar surface area (TPSA) is 54.9 Å². The van der Waals surface area contributed by atoms with E-state index in [0.717, 1.165) is 12.4 Å². The van der Waals surface area contributed by atoms with Crippen molar-refractivity contribution in [2.45, 2.75) is 0 Å². The number of halogens is 4. The van der Waals surface area contributed by atoms with E-state index in [1.807, 2.05) is 0 Å². The lowest BCUT2D eigenvalue weighted by Gasteiger charge is -2.09. The van der Waals surface area contributed by atoms with Gasteiger partial charge < -0.3 is 5.32 Å². The molecule has 0 amide bonds. The van der Waals surface area contributed by atoms with Gasteiger partial charge >= 0.3 is 0 Å². The summed E-state index contributed by atoms with van der Waals surface area (Å²) >= 11 is 5.63. The van der Waals surface area contributed by atoms with Crippen molar-refractivity contribution in [3.8, 4) is 0 Å². The summed E-state index contributed by atoms with van der Waals surface area (Å²) in [6, 6.07) is 1.12. The average molecular weight is 288 g/mol. The summed E-state index contributed by atoms with van der Waals surface area (Å²) in [6.07, 6.45) is 1.36. The molecule has 1 aromatic heterocycles. The molecule has 1 aromatic carbocycles. The highest BCUT2D eigenvalue weighted by Crippen LogP contribution is 2.25. The molecule has 0 atom stereocenters. The molecule has 0 unspecified atom stereocenters. The minimum atomic E-state index is -1.37. The zero-order valence-electron chi connectivity index (χ0n) is 9.12. The van der Waals surface area contributed by atoms with Crippen LogP contribution in [0.5, 0.6) is 0 Å². The number of carbonyl (C=O) groups excluding carboxylic acids is 1. The van der Waals surface area contributed by atoms with Gasteiger partial charge in [0.1, 0.15) is 23.1 Å². The fourth-order valence-corrected chi connectivity index (χ4v) is 1.53. The molecule has 0 aliphatic heterocycles. The Bertz CT molecular complexity index is 651. The smallest absolute Gasteiger partial charge is 0.182 e. The van der Waals surface area contributed by atoms with Crippen LogP contribution in [0.3, 0.4) is 0 Å². The second-order valence-corrected chi connectivity index (χ2v) is 3.78. The quantitative estimate of drug-likeness (QED) is 0.535. The van der Waals surface area contributed by atoms with Gasteiger partial charge in [0, 0.05) is 12.1 Å². The third kappa shape index (κ3) is 2.65. The Kier molecular flexibility index (Phi) is 3.66. The molecular weight excluding hydrogens is 283 g/mol. The molecule has 0 bridgehead atoms. The zero-order valence-corrected chi connectivity index (χ0v) is 9.88. The molecule has 0 aliphatic carbocycles. The lowest BCUT2D eigenvalue weighted by Crippen LogP contribution is -2.03. The second kappa shape index (κ2) is 5.23. The van der Waals surface area contributed by atoms with Crippen molar-refractivity contribution < 1.29 is 18.0 Å². The first kappa shape index (κ1) is 13.3. The van der Waals surface area contributed by atoms with Crippen molar-refractivity contribution in [2.24, 2.45) is 0 Å². The molecular formula is C11H5ClF3N3O. The first-order valence-corrected chi connectivity index (χ1v) is 5.28. The molecule has 98 valence electrons. The van der Waals surface area contributed by atoms with Crippen LogP contribution in [-0.2, 0) is 0 Å². The molecule has 4 nitrogen and oxygen atoms in total. The van der Waals surface area contributed by atoms with Crippen molar-refractivity contribution >= 4 is 29.4 Å². The van der Waals surface area contributed by atoms with Crippen LogP contribution in [0.2, 0.25) is 5.15 Å². The van der Waals surface area contributed by atoms with E-state index in [-0.39, 0.29) is 16.5 Å². The van der Waals surface area contributed by atoms with E-state index in [2.05, 4.69) is 15.3 Å². The van der Waals surface area contributed by atoms with Crippen LogP contribution in [0.4, 0.5) is 24.7 Å². The maximum Gasteiger partial charge on any atom is 0.182 e. The lowest BCUT2D eigenvalue weighted by atomic mass is 10.2. The Morgan fingerprint density at radius 1 is 1.21 bits per heavy atom. The first-order valence-electron chi connectivity index (χ1n) is 4.90. The van der Waals surface area contributed by atoms with Crippen molar-refractivity contribution in [3.63, 3.8) is 0 Å². The van der Waals surface area contributed by atoms with Crippen LogP contribution < -0.4 is 5.32 Å². The number of hydrogen-bond acceptors (Lipinski definition) is 4. The predicted molar refractivity (Wildman–Crippen MR) is 62.0 cm³/mol. The van der Waals surface area contributed by atoms with Gasteiger partial charge in [0.05, 0.1) is 11.3 Å². The normalized spacial score (nSPS) is 10.3. The summed E-state index contributed by atoms with van der Waals surface area (Å²) in [6.45, 7) is 0. The van der Waals surface area contributed by atoms with Crippen molar-refractivity contribution in [3.05, 3.63) is 46.6 Å². The highest BCUT2D eigenvalue weighted by atomic mass is 35.5. The van der Waals surface area contributed by atoms with E-state index < -0.39 is 23.1 Å². The number of rotatable bonds is 3. The Morgan fingerprint density at radius 3 is 2.63 bits per heavy atom. The van der Waals surface area contributed by atoms with E-state index in [1.165, 1.54) is 0 Å². The molecule has 0 saturated heterocycles. The SMILES string of the molecule is O=Cc1c(Cl)ncnc1Nc1cc(F)cc(F)c1F. The van der Waals surface area contributed by atoms with Gasteiger partial charge in [-0.25, -0.2) is 23.1 Å². The van der Waals surface area contributed by atoms with Crippen LogP contribution in [0.15, 0.2) is 18.5 Å². The maximum absolute atomic E-state index is 13.4. The maximum atomic E-state index is 13.4. The minimum Gasteiger partial charge on any atom is -0.337 e. The number of aromatic nitrogens is 2. The highest BCUT2D eigenvalue weighted by Gasteiger charge is 2.15. The van der Waals surface area contributed by atoms with Gasteiger partial charge in [0.2, 0.25) is 0 Å². The number of nitrogens with one attached hydrogen (secondary N) is 1. The summed E-state index contributed by atoms with van der Waals surface area (Å²) in [5.41, 5.74) is -0.649. The molecule has 0 spiro atoms. The fraction of sp³-hybridized carbons (Fsp3) is 0. The number of hydrogen-bond donors (Lipinski definition) is 1. The van der Waals surface area contributed by atoms with Crippen LogP contribution in [0.1, 0.15) is 10.4 Å². The summed E-state index contributed by atoms with van der Waals surface area (Å²) in [5.74, 6) is -3.80. The van der Waals surface area contributed by atoms with E-state index in [1.54, 1.807) is 0 Å². The van der Waals surface area contributed by atoms with Gasteiger partial charge in [-0.1, -0.05) is 11.6 Å². The number of carbonyl (C=O) groups is 1. The summed E-state index contributed by atoms with van der Waals surface area (Å²) in [5, 5.41) is 2.13. The van der Waals surface area contributed by atoms with Gasteiger partial charge in [-0.2, -0.15) is 0 Å². The molecule has 1 N–H and O–H groups in total. The Labute approximate surface area is 110 Å². The molecule has 0 saturated carbocycles.